The molecule has 1 heterocycles. The van der Waals surface area contributed by atoms with E-state index in [9.17, 15) is 4.79 Å². The van der Waals surface area contributed by atoms with Crippen LogP contribution in [0, 0.1) is 6.92 Å². The van der Waals surface area contributed by atoms with Gasteiger partial charge in [-0.15, -0.1) is 0 Å². The molecule has 1 amide bonds. The van der Waals surface area contributed by atoms with E-state index in [0.717, 1.165) is 31.5 Å². The highest BCUT2D eigenvalue weighted by Crippen LogP contribution is 2.10. The first kappa shape index (κ1) is 11.9. The van der Waals surface area contributed by atoms with E-state index in [-0.39, 0.29) is 5.91 Å². The quantitative estimate of drug-likeness (QED) is 0.714. The molecular weight excluding hydrogens is 210 g/mol. The Hall–Kier alpha value is -1.57. The maximum absolute atomic E-state index is 11.9. The number of rotatable bonds is 2. The number of benzene rings is 1. The number of hydrogen-bond donors (Lipinski definition) is 0. The lowest BCUT2D eigenvalue weighted by atomic mass is 10.1. The van der Waals surface area contributed by atoms with Gasteiger partial charge in [-0.3, -0.25) is 4.79 Å². The molecule has 90 valence electrons. The van der Waals surface area contributed by atoms with Crippen LogP contribution in [0.25, 0.3) is 6.08 Å². The minimum absolute atomic E-state index is 0.145. The van der Waals surface area contributed by atoms with Crippen molar-refractivity contribution in [3.05, 3.63) is 41.5 Å². The second-order valence-electron chi connectivity index (χ2n) is 4.63. The maximum Gasteiger partial charge on any atom is 0.246 e. The lowest BCUT2D eigenvalue weighted by molar-refractivity contribution is -0.126. The fourth-order valence-corrected chi connectivity index (χ4v) is 2.16. The van der Waals surface area contributed by atoms with Gasteiger partial charge in [0.25, 0.3) is 0 Å². The molecule has 1 fully saturated rings. The zero-order valence-electron chi connectivity index (χ0n) is 10.4. The fourth-order valence-electron chi connectivity index (χ4n) is 2.16. The molecule has 0 saturated carbocycles. The zero-order valence-corrected chi connectivity index (χ0v) is 10.4. The summed E-state index contributed by atoms with van der Waals surface area (Å²) in [5, 5.41) is 0. The Balaban J connectivity index is 1.97. The highest BCUT2D eigenvalue weighted by atomic mass is 16.2. The molecule has 1 aromatic carbocycles. The second kappa shape index (κ2) is 5.67. The van der Waals surface area contributed by atoms with Crippen molar-refractivity contribution in [2.24, 2.45) is 0 Å². The van der Waals surface area contributed by atoms with E-state index in [1.165, 1.54) is 12.0 Å². The van der Waals surface area contributed by atoms with E-state index >= 15 is 0 Å². The largest absolute Gasteiger partial charge is 0.339 e. The third-order valence-corrected chi connectivity index (χ3v) is 3.13. The Bertz CT molecular complexity index is 417. The molecular formula is C15H19NO. The average Bonchev–Trinajstić information content (AvgIpc) is 2.37. The van der Waals surface area contributed by atoms with Crippen molar-refractivity contribution >= 4 is 12.0 Å². The Morgan fingerprint density at radius 2 is 2.00 bits per heavy atom. The summed E-state index contributed by atoms with van der Waals surface area (Å²) in [4.78, 5) is 13.8. The third kappa shape index (κ3) is 3.45. The minimum atomic E-state index is 0.145. The van der Waals surface area contributed by atoms with Crippen LogP contribution in [-0.2, 0) is 4.79 Å². The van der Waals surface area contributed by atoms with Gasteiger partial charge in [-0.25, -0.2) is 0 Å². The topological polar surface area (TPSA) is 20.3 Å². The highest BCUT2D eigenvalue weighted by Gasteiger charge is 2.13. The molecule has 0 spiro atoms. The molecule has 0 aromatic heterocycles. The number of aryl methyl sites for hydroxylation is 1. The number of carbonyl (C=O) groups excluding carboxylic acids is 1. The van der Waals surface area contributed by atoms with E-state index in [1.54, 1.807) is 6.08 Å². The van der Waals surface area contributed by atoms with Crippen LogP contribution in [0.2, 0.25) is 0 Å². The first-order valence-electron chi connectivity index (χ1n) is 6.29. The summed E-state index contributed by atoms with van der Waals surface area (Å²) in [6.07, 6.45) is 7.14. The van der Waals surface area contributed by atoms with Crippen LogP contribution in [0.1, 0.15) is 30.4 Å². The molecule has 2 heteroatoms. The van der Waals surface area contributed by atoms with Gasteiger partial charge in [0.05, 0.1) is 0 Å². The van der Waals surface area contributed by atoms with Crippen LogP contribution < -0.4 is 0 Å². The van der Waals surface area contributed by atoms with Gasteiger partial charge in [-0.05, 0) is 37.8 Å². The van der Waals surface area contributed by atoms with Crippen molar-refractivity contribution < 1.29 is 4.79 Å². The normalized spacial score (nSPS) is 16.4. The number of amides is 1. The average molecular weight is 229 g/mol. The SMILES string of the molecule is Cc1cccc(/C=C/C(=O)N2CCCCC2)c1. The zero-order chi connectivity index (χ0) is 12.1. The molecule has 0 radical (unpaired) electrons. The van der Waals surface area contributed by atoms with Crippen molar-refractivity contribution in [2.45, 2.75) is 26.2 Å². The van der Waals surface area contributed by atoms with Gasteiger partial charge in [0.15, 0.2) is 0 Å². The third-order valence-electron chi connectivity index (χ3n) is 3.13. The predicted octanol–water partition coefficient (Wildman–Crippen LogP) is 3.02. The maximum atomic E-state index is 11.9. The van der Waals surface area contributed by atoms with Gasteiger partial charge in [-0.2, -0.15) is 0 Å². The van der Waals surface area contributed by atoms with Crippen LogP contribution in [-0.4, -0.2) is 23.9 Å². The lowest BCUT2D eigenvalue weighted by Crippen LogP contribution is -2.34. The molecule has 2 nitrogen and oxygen atoms in total. The summed E-state index contributed by atoms with van der Waals surface area (Å²) in [5.74, 6) is 0.145. The van der Waals surface area contributed by atoms with Crippen molar-refractivity contribution in [3.8, 4) is 0 Å². The number of nitrogens with zero attached hydrogens (tertiary/aromatic N) is 1. The van der Waals surface area contributed by atoms with Gasteiger partial charge >= 0.3 is 0 Å². The fraction of sp³-hybridized carbons (Fsp3) is 0.400. The smallest absolute Gasteiger partial charge is 0.246 e. The molecule has 0 aliphatic carbocycles. The number of likely N-dealkylation sites (tertiary alicyclic amines) is 1. The summed E-state index contributed by atoms with van der Waals surface area (Å²) in [7, 11) is 0. The van der Waals surface area contributed by atoms with Gasteiger partial charge in [0.2, 0.25) is 5.91 Å². The Labute approximate surface area is 103 Å². The number of piperidine rings is 1. The first-order valence-corrected chi connectivity index (χ1v) is 6.29. The molecule has 1 saturated heterocycles. The summed E-state index contributed by atoms with van der Waals surface area (Å²) in [6, 6.07) is 8.18. The second-order valence-corrected chi connectivity index (χ2v) is 4.63. The number of carbonyl (C=O) groups is 1. The van der Waals surface area contributed by atoms with E-state index in [1.807, 2.05) is 23.1 Å². The molecule has 0 N–H and O–H groups in total. The molecule has 0 bridgehead atoms. The summed E-state index contributed by atoms with van der Waals surface area (Å²) < 4.78 is 0. The Morgan fingerprint density at radius 1 is 1.24 bits per heavy atom. The van der Waals surface area contributed by atoms with Gasteiger partial charge < -0.3 is 4.90 Å². The molecule has 1 aliphatic heterocycles. The van der Waals surface area contributed by atoms with Crippen LogP contribution in [0.5, 0.6) is 0 Å². The summed E-state index contributed by atoms with van der Waals surface area (Å²) in [6.45, 7) is 3.89. The molecule has 0 atom stereocenters. The predicted molar refractivity (Wildman–Crippen MR) is 70.6 cm³/mol. The Kier molecular flexibility index (Phi) is 3.97. The molecule has 0 unspecified atom stereocenters. The summed E-state index contributed by atoms with van der Waals surface area (Å²) >= 11 is 0. The molecule has 1 aliphatic rings. The number of hydrogen-bond acceptors (Lipinski definition) is 1. The highest BCUT2D eigenvalue weighted by molar-refractivity contribution is 5.91. The van der Waals surface area contributed by atoms with E-state index in [0.29, 0.717) is 0 Å². The lowest BCUT2D eigenvalue weighted by Gasteiger charge is -2.25. The monoisotopic (exact) mass is 229 g/mol. The molecule has 1 aromatic rings. The van der Waals surface area contributed by atoms with Crippen molar-refractivity contribution in [1.29, 1.82) is 0 Å². The Morgan fingerprint density at radius 3 is 2.71 bits per heavy atom. The van der Waals surface area contributed by atoms with Crippen molar-refractivity contribution in [1.82, 2.24) is 4.90 Å². The van der Waals surface area contributed by atoms with Crippen LogP contribution in [0.15, 0.2) is 30.3 Å². The van der Waals surface area contributed by atoms with Gasteiger partial charge in [0, 0.05) is 19.2 Å². The van der Waals surface area contributed by atoms with Gasteiger partial charge in [0.1, 0.15) is 0 Å². The summed E-state index contributed by atoms with van der Waals surface area (Å²) in [5.41, 5.74) is 2.31. The van der Waals surface area contributed by atoms with E-state index in [2.05, 4.69) is 19.1 Å². The van der Waals surface area contributed by atoms with Crippen molar-refractivity contribution in [2.75, 3.05) is 13.1 Å². The first-order chi connectivity index (χ1) is 8.25. The van der Waals surface area contributed by atoms with E-state index < -0.39 is 0 Å². The van der Waals surface area contributed by atoms with Crippen molar-refractivity contribution in [3.63, 3.8) is 0 Å². The minimum Gasteiger partial charge on any atom is -0.339 e. The van der Waals surface area contributed by atoms with E-state index in [4.69, 9.17) is 0 Å². The van der Waals surface area contributed by atoms with Crippen LogP contribution >= 0.6 is 0 Å². The standard InChI is InChI=1S/C15H19NO/c1-13-6-5-7-14(12-13)8-9-15(17)16-10-3-2-4-11-16/h5-9,12H,2-4,10-11H2,1H3/b9-8+. The molecule has 17 heavy (non-hydrogen) atoms. The van der Waals surface area contributed by atoms with Gasteiger partial charge in [-0.1, -0.05) is 29.8 Å². The van der Waals surface area contributed by atoms with Crippen LogP contribution in [0.4, 0.5) is 0 Å². The molecule has 2 rings (SSSR count). The van der Waals surface area contributed by atoms with Crippen LogP contribution in [0.3, 0.4) is 0 Å².